The molecule has 0 spiro atoms. The molecule has 3 aromatic rings. The first-order valence-electron chi connectivity index (χ1n) is 11.6. The quantitative estimate of drug-likeness (QED) is 0.379. The van der Waals surface area contributed by atoms with Crippen LogP contribution in [0.2, 0.25) is 0 Å². The second kappa shape index (κ2) is 9.34. The van der Waals surface area contributed by atoms with Crippen LogP contribution in [0.25, 0.3) is 0 Å². The fraction of sp³-hybridized carbons (Fsp3) is 0.357. The normalized spacial score (nSPS) is 24.5. The van der Waals surface area contributed by atoms with Gasteiger partial charge in [-0.3, -0.25) is 0 Å². The fourth-order valence-electron chi connectivity index (χ4n) is 5.78. The Morgan fingerprint density at radius 3 is 1.67 bits per heavy atom. The van der Waals surface area contributed by atoms with Crippen LogP contribution in [0.3, 0.4) is 0 Å². The van der Waals surface area contributed by atoms with Gasteiger partial charge in [-0.25, -0.2) is 0 Å². The lowest BCUT2D eigenvalue weighted by atomic mass is 9.99. The molecule has 0 aromatic heterocycles. The molecule has 2 bridgehead atoms. The lowest BCUT2D eigenvalue weighted by Crippen LogP contribution is -2.30. The zero-order valence-electron chi connectivity index (χ0n) is 18.0. The van der Waals surface area contributed by atoms with Crippen LogP contribution in [0.4, 0.5) is 0 Å². The van der Waals surface area contributed by atoms with Gasteiger partial charge >= 0.3 is 0 Å². The summed E-state index contributed by atoms with van der Waals surface area (Å²) < 4.78 is 0. The summed E-state index contributed by atoms with van der Waals surface area (Å²) in [7, 11) is -0.440. The summed E-state index contributed by atoms with van der Waals surface area (Å²) in [5.74, 6) is 0. The molecule has 2 aliphatic rings. The van der Waals surface area contributed by atoms with Crippen LogP contribution in [-0.4, -0.2) is 11.3 Å². The Hall–Kier alpha value is -1.48. The summed E-state index contributed by atoms with van der Waals surface area (Å²) in [4.78, 5) is 0. The Balaban J connectivity index is 1.59. The zero-order valence-corrected chi connectivity index (χ0v) is 19.7. The Morgan fingerprint density at radius 1 is 0.667 bits per heavy atom. The van der Waals surface area contributed by atoms with Gasteiger partial charge in [-0.05, 0) is 66.4 Å². The van der Waals surface area contributed by atoms with Crippen LogP contribution in [0.1, 0.15) is 56.7 Å². The molecule has 0 unspecified atom stereocenters. The molecule has 2 heteroatoms. The lowest BCUT2D eigenvalue weighted by Gasteiger charge is -2.47. The van der Waals surface area contributed by atoms with Gasteiger partial charge in [0.05, 0.1) is 0 Å². The van der Waals surface area contributed by atoms with Gasteiger partial charge in [0.25, 0.3) is 0 Å². The lowest BCUT2D eigenvalue weighted by molar-refractivity contribution is 0.471. The van der Waals surface area contributed by atoms with Gasteiger partial charge in [-0.2, -0.15) is 0 Å². The van der Waals surface area contributed by atoms with E-state index in [0.717, 1.165) is 11.3 Å². The molecule has 0 N–H and O–H groups in total. The Kier molecular flexibility index (Phi) is 6.36. The third-order valence-corrected chi connectivity index (χ3v) is 13.5. The van der Waals surface area contributed by atoms with Crippen molar-refractivity contribution < 1.29 is 0 Å². The van der Waals surface area contributed by atoms with Crippen LogP contribution in [0.15, 0.2) is 84.9 Å². The minimum Gasteiger partial charge on any atom is -0.0929 e. The highest BCUT2D eigenvalue weighted by Gasteiger charge is 2.40. The van der Waals surface area contributed by atoms with E-state index in [0.29, 0.717) is 5.66 Å². The van der Waals surface area contributed by atoms with Crippen molar-refractivity contribution in [3.63, 3.8) is 0 Å². The van der Waals surface area contributed by atoms with Gasteiger partial charge < -0.3 is 0 Å². The summed E-state index contributed by atoms with van der Waals surface area (Å²) in [5, 5.41) is 4.52. The van der Waals surface area contributed by atoms with E-state index in [4.69, 9.17) is 0 Å². The van der Waals surface area contributed by atoms with Crippen LogP contribution < -0.4 is 15.9 Å². The first-order chi connectivity index (χ1) is 14.8. The maximum Gasteiger partial charge on any atom is 0.00249 e. The third kappa shape index (κ3) is 4.02. The number of hydrogen-bond acceptors (Lipinski definition) is 0. The van der Waals surface area contributed by atoms with E-state index in [2.05, 4.69) is 91.9 Å². The van der Waals surface area contributed by atoms with Gasteiger partial charge in [0.1, 0.15) is 0 Å². The molecule has 0 nitrogen and oxygen atoms in total. The Labute approximate surface area is 184 Å². The molecule has 2 saturated heterocycles. The van der Waals surface area contributed by atoms with Gasteiger partial charge in [0.2, 0.25) is 0 Å². The van der Waals surface area contributed by atoms with E-state index in [9.17, 15) is 0 Å². The molecule has 30 heavy (non-hydrogen) atoms. The summed E-state index contributed by atoms with van der Waals surface area (Å²) in [6, 6.07) is 31.9. The van der Waals surface area contributed by atoms with Crippen molar-refractivity contribution in [2.45, 2.75) is 62.4 Å². The monoisotopic (exact) mass is 430 g/mol. The van der Waals surface area contributed by atoms with E-state index in [-0.39, 0.29) is 7.92 Å². The minimum atomic E-state index is -0.525. The first-order valence-corrected chi connectivity index (χ1v) is 14.5. The number of rotatable bonds is 5. The van der Waals surface area contributed by atoms with Crippen molar-refractivity contribution in [2.24, 2.45) is 0 Å². The van der Waals surface area contributed by atoms with E-state index >= 15 is 0 Å². The standard InChI is InChI=1S/C28H32P2/c1-22(29-23-16-10-17-24(29)19-11-18-23)27-20-8-9-21-28(27)30(25-12-4-2-5-13-25)26-14-6-3-7-15-26/h2-9,12-15,20-24H,10-11,16-19H2,1H3/t22-,23?,24?,29?/m1/s1. The largest absolute Gasteiger partial charge is 0.0929 e. The van der Waals surface area contributed by atoms with Crippen molar-refractivity contribution in [2.75, 3.05) is 0 Å². The van der Waals surface area contributed by atoms with Crippen molar-refractivity contribution in [1.82, 2.24) is 0 Å². The second-order valence-corrected chi connectivity index (χ2v) is 14.2. The summed E-state index contributed by atoms with van der Waals surface area (Å²) >= 11 is 0. The highest BCUT2D eigenvalue weighted by Crippen LogP contribution is 2.67. The minimum absolute atomic E-state index is 0.0844. The summed E-state index contributed by atoms with van der Waals surface area (Å²) in [6.45, 7) is 2.57. The topological polar surface area (TPSA) is 0 Å². The van der Waals surface area contributed by atoms with Crippen LogP contribution in [0, 0.1) is 0 Å². The molecular weight excluding hydrogens is 398 g/mol. The molecule has 2 aliphatic heterocycles. The molecular formula is C28H32P2. The summed E-state index contributed by atoms with van der Waals surface area (Å²) in [6.07, 6.45) is 8.90. The van der Waals surface area contributed by atoms with Gasteiger partial charge in [0.15, 0.2) is 0 Å². The number of benzene rings is 3. The molecule has 2 fully saturated rings. The Morgan fingerprint density at radius 2 is 1.13 bits per heavy atom. The SMILES string of the molecule is C[C@H](c1ccccc1P(c1ccccc1)c1ccccc1)P1C2CCCC1CCC2. The highest BCUT2D eigenvalue weighted by molar-refractivity contribution is 7.80. The number of fused-ring (bicyclic) bond motifs is 2. The van der Waals surface area contributed by atoms with Crippen LogP contribution in [-0.2, 0) is 0 Å². The highest BCUT2D eigenvalue weighted by atomic mass is 31.1. The average Bonchev–Trinajstić information content (AvgIpc) is 2.80. The number of hydrogen-bond donors (Lipinski definition) is 0. The van der Waals surface area contributed by atoms with E-state index in [1.165, 1.54) is 49.1 Å². The smallest absolute Gasteiger partial charge is 0.00249 e. The van der Waals surface area contributed by atoms with Gasteiger partial charge in [-0.1, -0.05) is 113 Å². The van der Waals surface area contributed by atoms with Crippen molar-refractivity contribution >= 4 is 31.8 Å². The molecule has 0 radical (unpaired) electrons. The predicted octanol–water partition coefficient (Wildman–Crippen LogP) is 7.09. The van der Waals surface area contributed by atoms with E-state index < -0.39 is 7.92 Å². The third-order valence-electron chi connectivity index (χ3n) is 7.10. The summed E-state index contributed by atoms with van der Waals surface area (Å²) in [5.41, 5.74) is 4.37. The molecule has 1 atom stereocenters. The van der Waals surface area contributed by atoms with Crippen LogP contribution in [0.5, 0.6) is 0 Å². The molecule has 2 heterocycles. The predicted molar refractivity (Wildman–Crippen MR) is 136 cm³/mol. The molecule has 3 aromatic carbocycles. The zero-order chi connectivity index (χ0) is 20.3. The molecule has 0 saturated carbocycles. The maximum atomic E-state index is 2.57. The molecule has 0 aliphatic carbocycles. The van der Waals surface area contributed by atoms with Crippen molar-refractivity contribution in [1.29, 1.82) is 0 Å². The van der Waals surface area contributed by atoms with Crippen molar-refractivity contribution in [3.05, 3.63) is 90.5 Å². The van der Waals surface area contributed by atoms with Gasteiger partial charge in [0, 0.05) is 5.66 Å². The fourth-order valence-corrected chi connectivity index (χ4v) is 12.8. The molecule has 154 valence electrons. The molecule has 0 amide bonds. The maximum absolute atomic E-state index is 2.57. The first kappa shape index (κ1) is 20.4. The van der Waals surface area contributed by atoms with Crippen molar-refractivity contribution in [3.8, 4) is 0 Å². The molecule has 5 rings (SSSR count). The van der Waals surface area contributed by atoms with Gasteiger partial charge in [-0.15, -0.1) is 0 Å². The Bertz CT molecular complexity index is 891. The van der Waals surface area contributed by atoms with E-state index in [1.807, 2.05) is 0 Å². The van der Waals surface area contributed by atoms with Crippen LogP contribution >= 0.6 is 15.8 Å². The second-order valence-electron chi connectivity index (χ2n) is 8.86. The van der Waals surface area contributed by atoms with E-state index in [1.54, 1.807) is 10.9 Å². The average molecular weight is 431 g/mol.